The molecule has 4 aromatic rings. The molecule has 2 aromatic carbocycles. The molecule has 0 unspecified atom stereocenters. The summed E-state index contributed by atoms with van der Waals surface area (Å²) in [5, 5.41) is 11.6. The fourth-order valence-electron chi connectivity index (χ4n) is 4.15. The van der Waals surface area contributed by atoms with E-state index in [0.29, 0.717) is 23.5 Å². The number of nitrogens with one attached hydrogen (secondary N) is 1. The predicted molar refractivity (Wildman–Crippen MR) is 153 cm³/mol. The Morgan fingerprint density at radius 2 is 1.86 bits per heavy atom. The molecule has 0 saturated carbocycles. The van der Waals surface area contributed by atoms with Crippen molar-refractivity contribution in [2.75, 3.05) is 18.5 Å². The number of H-pyrrole nitrogens is 1. The summed E-state index contributed by atoms with van der Waals surface area (Å²) in [4.78, 5) is 27.6. The molecule has 0 spiro atoms. The van der Waals surface area contributed by atoms with Crippen LogP contribution in [0.5, 0.6) is 5.75 Å². The minimum atomic E-state index is -0.415. The Balaban J connectivity index is 1.82. The van der Waals surface area contributed by atoms with Crippen LogP contribution in [0.4, 0.5) is 11.4 Å². The molecule has 0 aliphatic heterocycles. The lowest BCUT2D eigenvalue weighted by Crippen LogP contribution is -2.22. The van der Waals surface area contributed by atoms with Crippen molar-refractivity contribution in [3.63, 3.8) is 0 Å². The van der Waals surface area contributed by atoms with Gasteiger partial charge >= 0.3 is 0 Å². The quantitative estimate of drug-likeness (QED) is 0.260. The number of para-hydroxylation sites is 1. The summed E-state index contributed by atoms with van der Waals surface area (Å²) in [5.41, 5.74) is 10.7. The third kappa shape index (κ3) is 5.44. The number of pyridine rings is 2. The molecule has 0 fully saturated rings. The van der Waals surface area contributed by atoms with Gasteiger partial charge in [0.15, 0.2) is 5.75 Å². The van der Waals surface area contributed by atoms with Gasteiger partial charge in [-0.2, -0.15) is 0 Å². The molecule has 0 atom stereocenters. The molecular formula is C29H29N5O2S. The van der Waals surface area contributed by atoms with Gasteiger partial charge in [0.25, 0.3) is 5.56 Å². The van der Waals surface area contributed by atoms with Crippen LogP contribution in [-0.2, 0) is 0 Å². The first-order valence-electron chi connectivity index (χ1n) is 11.8. The monoisotopic (exact) mass is 511 g/mol. The lowest BCUT2D eigenvalue weighted by molar-refractivity contribution is 0.460. The molecular weight excluding hydrogens is 482 g/mol. The number of nitrogens with zero attached hydrogens (tertiary/aromatic N) is 3. The molecule has 0 amide bonds. The molecule has 8 heteroatoms. The van der Waals surface area contributed by atoms with Crippen molar-refractivity contribution < 1.29 is 5.11 Å². The maximum absolute atomic E-state index is 13.2. The zero-order chi connectivity index (χ0) is 26.4. The number of aromatic hydroxyl groups is 1. The first-order chi connectivity index (χ1) is 18.0. The zero-order valence-corrected chi connectivity index (χ0v) is 21.8. The number of aromatic nitrogens is 2. The van der Waals surface area contributed by atoms with Crippen LogP contribution in [0.15, 0.2) is 98.7 Å². The van der Waals surface area contributed by atoms with Gasteiger partial charge < -0.3 is 20.7 Å². The van der Waals surface area contributed by atoms with E-state index in [4.69, 9.17) is 5.73 Å². The number of aryl methyl sites for hydroxylation is 1. The number of aromatic amines is 1. The smallest absolute Gasteiger partial charge is 0.266 e. The second-order valence-electron chi connectivity index (χ2n) is 8.21. The number of hydrogen-bond acceptors (Lipinski definition) is 7. The number of aliphatic imine (C=N–C) groups is 1. The number of hydrogen-bond donors (Lipinski definition) is 3. The highest BCUT2D eigenvalue weighted by molar-refractivity contribution is 7.99. The van der Waals surface area contributed by atoms with Gasteiger partial charge in [-0.1, -0.05) is 48.2 Å². The lowest BCUT2D eigenvalue weighted by Gasteiger charge is -2.27. The molecule has 0 aliphatic carbocycles. The second kappa shape index (κ2) is 11.6. The fraction of sp³-hybridized carbons (Fsp3) is 0.138. The normalized spacial score (nSPS) is 11.7. The van der Waals surface area contributed by atoms with Crippen molar-refractivity contribution >= 4 is 34.9 Å². The molecule has 4 rings (SSSR count). The van der Waals surface area contributed by atoms with Crippen molar-refractivity contribution in [2.45, 2.75) is 23.6 Å². The number of anilines is 2. The molecule has 2 aromatic heterocycles. The summed E-state index contributed by atoms with van der Waals surface area (Å²) in [6.45, 7) is 4.49. The van der Waals surface area contributed by atoms with E-state index in [-0.39, 0.29) is 10.6 Å². The average Bonchev–Trinajstić information content (AvgIpc) is 2.92. The SMILES string of the molecule is CCN(c1ccccc1)c1c(C(C=NC)=CN)[nH]c(=O)c(Sc2ccc(-c3cccnc3C)cc2)c1O. The first-order valence-corrected chi connectivity index (χ1v) is 12.7. The number of benzene rings is 2. The van der Waals surface area contributed by atoms with Gasteiger partial charge in [0.1, 0.15) is 10.6 Å². The Hall–Kier alpha value is -4.30. The zero-order valence-electron chi connectivity index (χ0n) is 21.0. The Kier molecular flexibility index (Phi) is 8.10. The van der Waals surface area contributed by atoms with Crippen molar-refractivity contribution in [2.24, 2.45) is 10.7 Å². The van der Waals surface area contributed by atoms with Crippen LogP contribution in [0.3, 0.4) is 0 Å². The van der Waals surface area contributed by atoms with E-state index < -0.39 is 5.56 Å². The van der Waals surface area contributed by atoms with E-state index in [1.54, 1.807) is 19.5 Å². The Morgan fingerprint density at radius 1 is 1.14 bits per heavy atom. The molecule has 0 saturated heterocycles. The summed E-state index contributed by atoms with van der Waals surface area (Å²) in [5.74, 6) is -0.120. The van der Waals surface area contributed by atoms with Crippen LogP contribution in [-0.4, -0.2) is 34.9 Å². The van der Waals surface area contributed by atoms with Crippen LogP contribution in [0.2, 0.25) is 0 Å². The average molecular weight is 512 g/mol. The van der Waals surface area contributed by atoms with Crippen molar-refractivity contribution in [3.8, 4) is 16.9 Å². The van der Waals surface area contributed by atoms with E-state index in [1.807, 2.05) is 85.5 Å². The van der Waals surface area contributed by atoms with Gasteiger partial charge in [-0.15, -0.1) is 0 Å². The lowest BCUT2D eigenvalue weighted by atomic mass is 10.1. The maximum atomic E-state index is 13.2. The highest BCUT2D eigenvalue weighted by Gasteiger charge is 2.24. The third-order valence-electron chi connectivity index (χ3n) is 5.90. The largest absolute Gasteiger partial charge is 0.504 e. The number of nitrogens with two attached hydrogens (primary N) is 1. The molecule has 0 radical (unpaired) electrons. The van der Waals surface area contributed by atoms with E-state index in [0.717, 1.165) is 27.4 Å². The topological polar surface area (TPSA) is 108 Å². The molecule has 4 N–H and O–H groups in total. The first kappa shape index (κ1) is 25.8. The number of allylic oxidation sites excluding steroid dienone is 1. The van der Waals surface area contributed by atoms with E-state index in [2.05, 4.69) is 15.0 Å². The number of rotatable bonds is 8. The predicted octanol–water partition coefficient (Wildman–Crippen LogP) is 5.76. The van der Waals surface area contributed by atoms with Gasteiger partial charge in [0.2, 0.25) is 0 Å². The van der Waals surface area contributed by atoms with Crippen LogP contribution in [0.25, 0.3) is 16.7 Å². The van der Waals surface area contributed by atoms with Gasteiger partial charge in [-0.3, -0.25) is 14.8 Å². The molecule has 0 aliphatic rings. The van der Waals surface area contributed by atoms with E-state index in [9.17, 15) is 9.90 Å². The van der Waals surface area contributed by atoms with Gasteiger partial charge in [0.05, 0.1) is 5.69 Å². The Labute approximate surface area is 220 Å². The Morgan fingerprint density at radius 3 is 2.49 bits per heavy atom. The Bertz CT molecular complexity index is 1500. The van der Waals surface area contributed by atoms with Crippen molar-refractivity contribution in [3.05, 3.63) is 101 Å². The van der Waals surface area contributed by atoms with Gasteiger partial charge in [-0.25, -0.2) is 0 Å². The minimum Gasteiger partial charge on any atom is -0.504 e. The molecule has 2 heterocycles. The summed E-state index contributed by atoms with van der Waals surface area (Å²) in [6, 6.07) is 21.5. The van der Waals surface area contributed by atoms with Crippen LogP contribution in [0.1, 0.15) is 18.3 Å². The van der Waals surface area contributed by atoms with E-state index in [1.165, 1.54) is 18.0 Å². The highest BCUT2D eigenvalue weighted by Crippen LogP contribution is 2.43. The summed E-state index contributed by atoms with van der Waals surface area (Å²) < 4.78 is 0. The van der Waals surface area contributed by atoms with Crippen molar-refractivity contribution in [1.29, 1.82) is 0 Å². The second-order valence-corrected chi connectivity index (χ2v) is 9.29. The molecule has 188 valence electrons. The highest BCUT2D eigenvalue weighted by atomic mass is 32.2. The van der Waals surface area contributed by atoms with Crippen LogP contribution < -0.4 is 16.2 Å². The summed E-state index contributed by atoms with van der Waals surface area (Å²) in [7, 11) is 1.62. The van der Waals surface area contributed by atoms with Crippen LogP contribution in [0, 0.1) is 6.92 Å². The van der Waals surface area contributed by atoms with E-state index >= 15 is 0 Å². The van der Waals surface area contributed by atoms with Gasteiger partial charge in [-0.05, 0) is 49.7 Å². The molecule has 0 bridgehead atoms. The van der Waals surface area contributed by atoms with Crippen LogP contribution >= 0.6 is 11.8 Å². The summed E-state index contributed by atoms with van der Waals surface area (Å²) >= 11 is 1.21. The summed E-state index contributed by atoms with van der Waals surface area (Å²) in [6.07, 6.45) is 4.69. The van der Waals surface area contributed by atoms with Crippen molar-refractivity contribution in [1.82, 2.24) is 9.97 Å². The maximum Gasteiger partial charge on any atom is 0.266 e. The molecule has 7 nitrogen and oxygen atoms in total. The standard InChI is InChI=1S/C29H29N5O2S/c1-4-34(22-9-6-5-7-10-22)26-25(21(17-30)18-31-3)33-29(36)28(27(26)35)37-23-14-12-20(13-15-23)24-11-8-16-32-19(24)2/h5-18H,4,30H2,1-3H3,(H2,33,35,36). The minimum absolute atomic E-state index is 0.120. The third-order valence-corrected chi connectivity index (χ3v) is 6.99. The fourth-order valence-corrected chi connectivity index (χ4v) is 4.99. The molecule has 37 heavy (non-hydrogen) atoms. The van der Waals surface area contributed by atoms with Gasteiger partial charge in [0, 0.05) is 59.6 Å².